The molecular weight excluding hydrogens is 487 g/mol. The Balaban J connectivity index is 1.55. The molecular formula is C26H30F3N5O3. The fourth-order valence-corrected chi connectivity index (χ4v) is 3.61. The summed E-state index contributed by atoms with van der Waals surface area (Å²) in [4.78, 5) is 12.5. The Labute approximate surface area is 213 Å². The van der Waals surface area contributed by atoms with Gasteiger partial charge in [-0.1, -0.05) is 32.0 Å². The first kappa shape index (κ1) is 26.3. The highest BCUT2D eigenvalue weighted by Crippen LogP contribution is 2.48. The van der Waals surface area contributed by atoms with Crippen molar-refractivity contribution in [3.63, 3.8) is 0 Å². The maximum absolute atomic E-state index is 12.8. The highest BCUT2D eigenvalue weighted by atomic mass is 19.4. The lowest BCUT2D eigenvalue weighted by Gasteiger charge is -2.19. The van der Waals surface area contributed by atoms with Gasteiger partial charge in [-0.15, -0.1) is 0 Å². The average molecular weight is 518 g/mol. The first-order valence-corrected chi connectivity index (χ1v) is 12.3. The lowest BCUT2D eigenvalue weighted by molar-refractivity contribution is -0.154. The summed E-state index contributed by atoms with van der Waals surface area (Å²) in [6.07, 6.45) is -1.13. The fraction of sp³-hybridized carbons (Fsp3) is 0.423. The molecule has 198 valence electrons. The van der Waals surface area contributed by atoms with E-state index >= 15 is 0 Å². The van der Waals surface area contributed by atoms with Gasteiger partial charge in [0.05, 0.1) is 18.8 Å². The molecule has 0 amide bonds. The van der Waals surface area contributed by atoms with E-state index in [1.54, 1.807) is 18.2 Å². The highest BCUT2D eigenvalue weighted by molar-refractivity contribution is 5.57. The van der Waals surface area contributed by atoms with Crippen molar-refractivity contribution in [1.29, 1.82) is 0 Å². The van der Waals surface area contributed by atoms with Crippen LogP contribution in [0, 0.1) is 0 Å². The summed E-state index contributed by atoms with van der Waals surface area (Å²) in [5, 5.41) is 6.29. The zero-order valence-corrected chi connectivity index (χ0v) is 20.8. The Morgan fingerprint density at radius 2 is 1.51 bits per heavy atom. The molecule has 1 aliphatic carbocycles. The second-order valence-corrected chi connectivity index (χ2v) is 8.75. The lowest BCUT2D eigenvalue weighted by atomic mass is 10.1. The third kappa shape index (κ3) is 7.61. The zero-order chi connectivity index (χ0) is 26.3. The van der Waals surface area contributed by atoms with Gasteiger partial charge >= 0.3 is 12.2 Å². The summed E-state index contributed by atoms with van der Waals surface area (Å²) >= 11 is 0. The number of hydrogen-bond donors (Lipinski definition) is 2. The van der Waals surface area contributed by atoms with Gasteiger partial charge in [-0.25, -0.2) is 0 Å². The molecule has 0 bridgehead atoms. The number of hydrogen-bond acceptors (Lipinski definition) is 8. The maximum Gasteiger partial charge on any atom is 0.422 e. The van der Waals surface area contributed by atoms with Crippen molar-refractivity contribution in [3.8, 4) is 17.5 Å². The molecule has 1 heterocycles. The Hall–Kier alpha value is -3.76. The summed E-state index contributed by atoms with van der Waals surface area (Å²) in [5.74, 6) is 1.58. The largest absolute Gasteiger partial charge is 0.494 e. The number of aromatic nitrogens is 3. The van der Waals surface area contributed by atoms with Crippen molar-refractivity contribution in [2.45, 2.75) is 51.2 Å². The van der Waals surface area contributed by atoms with E-state index in [-0.39, 0.29) is 11.9 Å². The van der Waals surface area contributed by atoms with E-state index in [1.807, 2.05) is 44.2 Å². The number of benzene rings is 2. The number of alkyl halides is 3. The third-order valence-corrected chi connectivity index (χ3v) is 5.52. The number of anilines is 3. The van der Waals surface area contributed by atoms with Crippen LogP contribution in [0.2, 0.25) is 0 Å². The maximum atomic E-state index is 12.8. The van der Waals surface area contributed by atoms with E-state index < -0.39 is 24.3 Å². The minimum absolute atomic E-state index is 0.0430. The van der Waals surface area contributed by atoms with Gasteiger partial charge in [0.1, 0.15) is 11.5 Å². The minimum atomic E-state index is -4.53. The molecule has 37 heavy (non-hydrogen) atoms. The third-order valence-electron chi connectivity index (χ3n) is 5.52. The van der Waals surface area contributed by atoms with Crippen molar-refractivity contribution >= 4 is 17.6 Å². The Bertz CT molecular complexity index is 1170. The Morgan fingerprint density at radius 1 is 0.838 bits per heavy atom. The summed E-state index contributed by atoms with van der Waals surface area (Å²) < 4.78 is 54.5. The van der Waals surface area contributed by atoms with Gasteiger partial charge in [-0.2, -0.15) is 28.1 Å². The van der Waals surface area contributed by atoms with E-state index in [2.05, 4.69) is 25.6 Å². The molecule has 1 saturated carbocycles. The second-order valence-electron chi connectivity index (χ2n) is 8.75. The van der Waals surface area contributed by atoms with Gasteiger partial charge in [-0.3, -0.25) is 0 Å². The standard InChI is InChI=1S/C26H30F3N5O3/c1-3-14-35-20-10-8-18(9-11-20)25(12-13-25)34-23-31-22(32-24(33-23)37-17-26(27,28)29)30-19-6-5-7-21(16-19)36-15-4-2/h5-11,16H,3-4,12-15,17H2,1-2H3,(H2,30,31,32,33,34). The molecule has 1 aromatic heterocycles. The summed E-state index contributed by atoms with van der Waals surface area (Å²) in [5.41, 5.74) is 1.18. The van der Waals surface area contributed by atoms with Crippen LogP contribution in [0.4, 0.5) is 30.8 Å². The van der Waals surface area contributed by atoms with Crippen LogP contribution in [0.15, 0.2) is 48.5 Å². The highest BCUT2D eigenvalue weighted by Gasteiger charge is 2.45. The molecule has 4 rings (SSSR count). The summed E-state index contributed by atoms with van der Waals surface area (Å²) in [7, 11) is 0. The Kier molecular flexibility index (Phi) is 8.20. The molecule has 0 saturated heterocycles. The monoisotopic (exact) mass is 517 g/mol. The first-order valence-electron chi connectivity index (χ1n) is 12.3. The van der Waals surface area contributed by atoms with Gasteiger partial charge in [0.15, 0.2) is 6.61 Å². The minimum Gasteiger partial charge on any atom is -0.494 e. The number of nitrogens with zero attached hydrogens (tertiary/aromatic N) is 3. The van der Waals surface area contributed by atoms with Crippen LogP contribution < -0.4 is 24.8 Å². The van der Waals surface area contributed by atoms with Crippen LogP contribution >= 0.6 is 0 Å². The number of halogens is 3. The molecule has 1 aliphatic rings. The van der Waals surface area contributed by atoms with Crippen LogP contribution in [0.5, 0.6) is 17.5 Å². The smallest absolute Gasteiger partial charge is 0.422 e. The van der Waals surface area contributed by atoms with Crippen LogP contribution in [-0.2, 0) is 5.54 Å². The Morgan fingerprint density at radius 3 is 2.16 bits per heavy atom. The van der Waals surface area contributed by atoms with Gasteiger partial charge < -0.3 is 24.8 Å². The van der Waals surface area contributed by atoms with Gasteiger partial charge in [0, 0.05) is 11.8 Å². The predicted molar refractivity (Wildman–Crippen MR) is 134 cm³/mol. The fourth-order valence-electron chi connectivity index (χ4n) is 3.61. The lowest BCUT2D eigenvalue weighted by Crippen LogP contribution is -2.23. The van der Waals surface area contributed by atoms with E-state index in [9.17, 15) is 13.2 Å². The summed E-state index contributed by atoms with van der Waals surface area (Å²) in [6.45, 7) is 3.73. The zero-order valence-electron chi connectivity index (χ0n) is 20.8. The van der Waals surface area contributed by atoms with E-state index in [1.165, 1.54) is 0 Å². The van der Waals surface area contributed by atoms with Crippen LogP contribution in [0.3, 0.4) is 0 Å². The topological polar surface area (TPSA) is 90.4 Å². The van der Waals surface area contributed by atoms with Crippen molar-refractivity contribution in [2.24, 2.45) is 0 Å². The number of nitrogens with one attached hydrogen (secondary N) is 2. The van der Waals surface area contributed by atoms with Gasteiger partial charge in [0.2, 0.25) is 11.9 Å². The first-order chi connectivity index (χ1) is 17.8. The van der Waals surface area contributed by atoms with E-state index in [0.717, 1.165) is 37.0 Å². The van der Waals surface area contributed by atoms with Crippen molar-refractivity contribution < 1.29 is 27.4 Å². The summed E-state index contributed by atoms with van der Waals surface area (Å²) in [6, 6.07) is 14.4. The number of rotatable bonds is 13. The van der Waals surface area contributed by atoms with Crippen molar-refractivity contribution in [3.05, 3.63) is 54.1 Å². The average Bonchev–Trinajstić information content (AvgIpc) is 3.65. The molecule has 2 aromatic carbocycles. The molecule has 8 nitrogen and oxygen atoms in total. The molecule has 0 radical (unpaired) electrons. The van der Waals surface area contributed by atoms with Crippen molar-refractivity contribution in [2.75, 3.05) is 30.5 Å². The molecule has 0 aliphatic heterocycles. The molecule has 0 atom stereocenters. The van der Waals surface area contributed by atoms with Crippen LogP contribution in [0.1, 0.15) is 45.1 Å². The molecule has 11 heteroatoms. The van der Waals surface area contributed by atoms with Crippen LogP contribution in [0.25, 0.3) is 0 Å². The van der Waals surface area contributed by atoms with Crippen molar-refractivity contribution in [1.82, 2.24) is 15.0 Å². The SMILES string of the molecule is CCCOc1ccc(C2(Nc3nc(Nc4cccc(OCCC)c4)nc(OCC(F)(F)F)n3)CC2)cc1. The quantitative estimate of drug-likeness (QED) is 0.276. The van der Waals surface area contributed by atoms with Crippen LogP contribution in [-0.4, -0.2) is 40.9 Å². The second kappa shape index (κ2) is 11.5. The normalized spacial score (nSPS) is 14.1. The predicted octanol–water partition coefficient (Wildman–Crippen LogP) is 6.24. The van der Waals surface area contributed by atoms with Gasteiger partial charge in [0.25, 0.3) is 0 Å². The molecule has 0 unspecified atom stereocenters. The molecule has 2 N–H and O–H groups in total. The molecule has 0 spiro atoms. The number of ether oxygens (including phenoxy) is 3. The van der Waals surface area contributed by atoms with Gasteiger partial charge in [-0.05, 0) is 55.5 Å². The molecule has 3 aromatic rings. The molecule has 1 fully saturated rings. The van der Waals surface area contributed by atoms with E-state index in [0.29, 0.717) is 24.7 Å². The van der Waals surface area contributed by atoms with E-state index in [4.69, 9.17) is 14.2 Å².